The third-order valence-corrected chi connectivity index (χ3v) is 5.69. The van der Waals surface area contributed by atoms with Gasteiger partial charge in [0, 0.05) is 7.05 Å². The van der Waals surface area contributed by atoms with E-state index in [9.17, 15) is 17.6 Å². The fourth-order valence-electron chi connectivity index (χ4n) is 2.49. The number of carbonyl (C=O) groups is 1. The number of hydrogen-bond acceptors (Lipinski definition) is 5. The highest BCUT2D eigenvalue weighted by Gasteiger charge is 2.25. The van der Waals surface area contributed by atoms with Crippen molar-refractivity contribution >= 4 is 21.7 Å². The van der Waals surface area contributed by atoms with Gasteiger partial charge in [-0.25, -0.2) is 17.6 Å². The maximum atomic E-state index is 13.9. The van der Waals surface area contributed by atoms with E-state index >= 15 is 0 Å². The zero-order chi connectivity index (χ0) is 19.5. The van der Waals surface area contributed by atoms with Crippen molar-refractivity contribution in [2.45, 2.75) is 18.7 Å². The molecule has 0 saturated carbocycles. The van der Waals surface area contributed by atoms with Crippen LogP contribution in [0.1, 0.15) is 22.8 Å². The SMILES string of the molecule is CCOC(=O)c1cccc(N(C)S(=O)(=O)c2ccc(OC)c(F)c2)c1C. The highest BCUT2D eigenvalue weighted by Crippen LogP contribution is 2.29. The molecule has 2 aromatic rings. The number of esters is 1. The average molecular weight is 381 g/mol. The molecule has 0 atom stereocenters. The van der Waals surface area contributed by atoms with Crippen molar-refractivity contribution in [1.82, 2.24) is 0 Å². The number of hydrogen-bond donors (Lipinski definition) is 0. The predicted octanol–water partition coefficient (Wildman–Crippen LogP) is 3.14. The largest absolute Gasteiger partial charge is 0.494 e. The normalized spacial score (nSPS) is 11.1. The van der Waals surface area contributed by atoms with Crippen LogP contribution in [-0.2, 0) is 14.8 Å². The van der Waals surface area contributed by atoms with E-state index < -0.39 is 21.8 Å². The Bertz CT molecular complexity index is 927. The van der Waals surface area contributed by atoms with Gasteiger partial charge in [-0.05, 0) is 49.7 Å². The molecule has 0 radical (unpaired) electrons. The van der Waals surface area contributed by atoms with Crippen LogP contribution in [0.5, 0.6) is 5.75 Å². The summed E-state index contributed by atoms with van der Waals surface area (Å²) in [6.45, 7) is 3.52. The maximum absolute atomic E-state index is 13.9. The summed E-state index contributed by atoms with van der Waals surface area (Å²) in [4.78, 5) is 11.8. The molecule has 0 aromatic heterocycles. The molecular formula is C18H20FNO5S. The van der Waals surface area contributed by atoms with Crippen LogP contribution < -0.4 is 9.04 Å². The fraction of sp³-hybridized carbons (Fsp3) is 0.278. The van der Waals surface area contributed by atoms with Crippen molar-refractivity contribution in [3.05, 3.63) is 53.3 Å². The molecule has 0 bridgehead atoms. The van der Waals surface area contributed by atoms with Gasteiger partial charge in [0.1, 0.15) is 0 Å². The molecule has 2 rings (SSSR count). The van der Waals surface area contributed by atoms with Crippen LogP contribution in [0.3, 0.4) is 0 Å². The summed E-state index contributed by atoms with van der Waals surface area (Å²) in [5, 5.41) is 0. The zero-order valence-corrected chi connectivity index (χ0v) is 15.8. The van der Waals surface area contributed by atoms with Crippen LogP contribution in [0.25, 0.3) is 0 Å². The highest BCUT2D eigenvalue weighted by atomic mass is 32.2. The smallest absolute Gasteiger partial charge is 0.338 e. The summed E-state index contributed by atoms with van der Waals surface area (Å²) >= 11 is 0. The lowest BCUT2D eigenvalue weighted by atomic mass is 10.1. The molecule has 0 aliphatic heterocycles. The molecule has 0 aliphatic rings. The number of ether oxygens (including phenoxy) is 2. The van der Waals surface area contributed by atoms with Gasteiger partial charge < -0.3 is 9.47 Å². The van der Waals surface area contributed by atoms with Gasteiger partial charge in [0.15, 0.2) is 11.6 Å². The minimum atomic E-state index is -4.03. The van der Waals surface area contributed by atoms with E-state index in [2.05, 4.69) is 0 Å². The monoisotopic (exact) mass is 381 g/mol. The lowest BCUT2D eigenvalue weighted by Crippen LogP contribution is -2.28. The Morgan fingerprint density at radius 1 is 1.23 bits per heavy atom. The van der Waals surface area contributed by atoms with Crippen LogP contribution >= 0.6 is 0 Å². The molecule has 6 nitrogen and oxygen atoms in total. The minimum absolute atomic E-state index is 0.0490. The van der Waals surface area contributed by atoms with Gasteiger partial charge in [0.25, 0.3) is 10.0 Å². The molecule has 0 saturated heterocycles. The third kappa shape index (κ3) is 3.65. The van der Waals surface area contributed by atoms with E-state index in [1.165, 1.54) is 26.3 Å². The first kappa shape index (κ1) is 19.7. The van der Waals surface area contributed by atoms with Gasteiger partial charge >= 0.3 is 5.97 Å². The minimum Gasteiger partial charge on any atom is -0.494 e. The molecule has 0 unspecified atom stereocenters. The first-order chi connectivity index (χ1) is 12.2. The number of carbonyl (C=O) groups excluding carboxylic acids is 1. The second-order valence-electron chi connectivity index (χ2n) is 5.44. The van der Waals surface area contributed by atoms with Gasteiger partial charge in [-0.15, -0.1) is 0 Å². The van der Waals surface area contributed by atoms with Crippen molar-refractivity contribution in [3.8, 4) is 5.75 Å². The zero-order valence-electron chi connectivity index (χ0n) is 14.9. The van der Waals surface area contributed by atoms with E-state index in [4.69, 9.17) is 9.47 Å². The number of rotatable bonds is 6. The number of nitrogens with zero attached hydrogens (tertiary/aromatic N) is 1. The second kappa shape index (κ2) is 7.74. The topological polar surface area (TPSA) is 72.9 Å². The lowest BCUT2D eigenvalue weighted by molar-refractivity contribution is 0.0525. The molecule has 140 valence electrons. The predicted molar refractivity (Wildman–Crippen MR) is 95.7 cm³/mol. The van der Waals surface area contributed by atoms with Crippen LogP contribution in [0.4, 0.5) is 10.1 Å². The first-order valence-corrected chi connectivity index (χ1v) is 9.27. The molecule has 0 N–H and O–H groups in total. The van der Waals surface area contributed by atoms with Crippen molar-refractivity contribution in [1.29, 1.82) is 0 Å². The number of methoxy groups -OCH3 is 1. The van der Waals surface area contributed by atoms with E-state index in [1.54, 1.807) is 32.0 Å². The summed E-state index contributed by atoms with van der Waals surface area (Å²) < 4.78 is 50.4. The Labute approximate surface area is 152 Å². The number of anilines is 1. The number of halogens is 1. The summed E-state index contributed by atoms with van der Waals surface area (Å²) in [5.74, 6) is -1.36. The van der Waals surface area contributed by atoms with Gasteiger partial charge in [0.2, 0.25) is 0 Å². The Kier molecular flexibility index (Phi) is 5.86. The van der Waals surface area contributed by atoms with Gasteiger partial charge in [-0.3, -0.25) is 4.31 Å². The quantitative estimate of drug-likeness (QED) is 0.719. The number of sulfonamides is 1. The van der Waals surface area contributed by atoms with Gasteiger partial charge in [-0.1, -0.05) is 6.07 Å². The first-order valence-electron chi connectivity index (χ1n) is 7.83. The van der Waals surface area contributed by atoms with E-state index in [0.29, 0.717) is 11.3 Å². The fourth-order valence-corrected chi connectivity index (χ4v) is 3.76. The Hall–Kier alpha value is -2.61. The second-order valence-corrected chi connectivity index (χ2v) is 7.41. The van der Waals surface area contributed by atoms with Crippen molar-refractivity contribution in [2.75, 3.05) is 25.1 Å². The third-order valence-electron chi connectivity index (χ3n) is 3.92. The van der Waals surface area contributed by atoms with E-state index in [-0.39, 0.29) is 22.8 Å². The average Bonchev–Trinajstić information content (AvgIpc) is 2.61. The summed E-state index contributed by atoms with van der Waals surface area (Å²) in [5.41, 5.74) is 1.02. The Morgan fingerprint density at radius 2 is 1.92 bits per heavy atom. The molecule has 0 heterocycles. The van der Waals surface area contributed by atoms with Crippen LogP contribution in [0.2, 0.25) is 0 Å². The highest BCUT2D eigenvalue weighted by molar-refractivity contribution is 7.92. The molecule has 2 aromatic carbocycles. The Morgan fingerprint density at radius 3 is 2.50 bits per heavy atom. The van der Waals surface area contributed by atoms with E-state index in [1.807, 2.05) is 0 Å². The lowest BCUT2D eigenvalue weighted by Gasteiger charge is -2.22. The molecule has 0 amide bonds. The molecule has 0 spiro atoms. The molecule has 0 fully saturated rings. The standard InChI is InChI=1S/C18H20FNO5S/c1-5-25-18(21)14-7-6-8-16(12(14)2)20(3)26(22,23)13-9-10-17(24-4)15(19)11-13/h6-11H,5H2,1-4H3. The Balaban J connectivity index is 2.48. The molecule has 26 heavy (non-hydrogen) atoms. The molecule has 0 aliphatic carbocycles. The summed E-state index contributed by atoms with van der Waals surface area (Å²) in [7, 11) is -1.39. The van der Waals surface area contributed by atoms with Gasteiger partial charge in [-0.2, -0.15) is 0 Å². The van der Waals surface area contributed by atoms with Crippen molar-refractivity contribution < 1.29 is 27.1 Å². The van der Waals surface area contributed by atoms with Crippen LogP contribution in [0, 0.1) is 12.7 Å². The van der Waals surface area contributed by atoms with Crippen molar-refractivity contribution in [2.24, 2.45) is 0 Å². The maximum Gasteiger partial charge on any atom is 0.338 e. The van der Waals surface area contributed by atoms with E-state index in [0.717, 1.165) is 10.4 Å². The molecular weight excluding hydrogens is 361 g/mol. The van der Waals surface area contributed by atoms with Crippen molar-refractivity contribution in [3.63, 3.8) is 0 Å². The molecule has 8 heteroatoms. The number of benzene rings is 2. The van der Waals surface area contributed by atoms with Crippen LogP contribution in [0.15, 0.2) is 41.3 Å². The van der Waals surface area contributed by atoms with Gasteiger partial charge in [0.05, 0.1) is 29.9 Å². The summed E-state index contributed by atoms with van der Waals surface area (Å²) in [6, 6.07) is 8.10. The summed E-state index contributed by atoms with van der Waals surface area (Å²) in [6.07, 6.45) is 0. The van der Waals surface area contributed by atoms with Crippen LogP contribution in [-0.4, -0.2) is 35.2 Å².